The van der Waals surface area contributed by atoms with Crippen molar-refractivity contribution in [1.29, 1.82) is 0 Å². The van der Waals surface area contributed by atoms with E-state index in [-0.39, 0.29) is 35.8 Å². The van der Waals surface area contributed by atoms with E-state index >= 15 is 8.78 Å². The van der Waals surface area contributed by atoms with Crippen LogP contribution in [0, 0.1) is 23.4 Å². The van der Waals surface area contributed by atoms with E-state index in [1.54, 1.807) is 19.3 Å². The molecule has 0 radical (unpaired) electrons. The lowest BCUT2D eigenvalue weighted by atomic mass is 9.67. The van der Waals surface area contributed by atoms with Gasteiger partial charge in [0.15, 0.2) is 5.78 Å². The van der Waals surface area contributed by atoms with Crippen molar-refractivity contribution in [3.8, 4) is 17.0 Å². The normalized spacial score (nSPS) is 26.5. The molecule has 1 aromatic carbocycles. The van der Waals surface area contributed by atoms with Crippen molar-refractivity contribution >= 4 is 5.78 Å². The zero-order chi connectivity index (χ0) is 29.3. The summed E-state index contributed by atoms with van der Waals surface area (Å²) in [6.07, 6.45) is 5.49. The van der Waals surface area contributed by atoms with Crippen LogP contribution in [-0.2, 0) is 11.2 Å². The summed E-state index contributed by atoms with van der Waals surface area (Å²) in [6.45, 7) is 4.62. The van der Waals surface area contributed by atoms with Gasteiger partial charge < -0.3 is 20.3 Å². The Hall–Kier alpha value is -3.34. The van der Waals surface area contributed by atoms with Crippen molar-refractivity contribution in [3.63, 3.8) is 0 Å². The highest BCUT2D eigenvalue weighted by molar-refractivity contribution is 5.96. The number of benzene rings is 1. The van der Waals surface area contributed by atoms with E-state index in [0.717, 1.165) is 30.2 Å². The molecule has 3 heterocycles. The molecular formula is C31H34F3N3O4. The van der Waals surface area contributed by atoms with Crippen LogP contribution in [0.25, 0.3) is 11.3 Å². The lowest BCUT2D eigenvalue weighted by molar-refractivity contribution is -0.0464. The molecule has 1 saturated heterocycles. The third-order valence-corrected chi connectivity index (χ3v) is 8.46. The number of rotatable bonds is 7. The van der Waals surface area contributed by atoms with Gasteiger partial charge in [-0.05, 0) is 73.8 Å². The Morgan fingerprint density at radius 2 is 1.93 bits per heavy atom. The van der Waals surface area contributed by atoms with Gasteiger partial charge >= 0.3 is 0 Å². The molecule has 1 saturated carbocycles. The number of nitrogens with zero attached hydrogens (tertiary/aromatic N) is 2. The second-order valence-corrected chi connectivity index (χ2v) is 11.3. The quantitative estimate of drug-likeness (QED) is 0.380. The number of ether oxygens (including phenoxy) is 2. The summed E-state index contributed by atoms with van der Waals surface area (Å²) in [5.41, 5.74) is 5.43. The average Bonchev–Trinajstić information content (AvgIpc) is 2.93. The number of halogens is 3. The first kappa shape index (κ1) is 29.2. The fourth-order valence-corrected chi connectivity index (χ4v) is 5.79. The van der Waals surface area contributed by atoms with Crippen LogP contribution in [0.2, 0.25) is 0 Å². The molecule has 1 aliphatic heterocycles. The summed E-state index contributed by atoms with van der Waals surface area (Å²) in [4.78, 5) is 21.6. The second-order valence-electron chi connectivity index (χ2n) is 11.3. The molecule has 10 heteroatoms. The minimum absolute atomic E-state index is 0.00635. The number of aromatic nitrogens is 2. The van der Waals surface area contributed by atoms with Gasteiger partial charge in [0.25, 0.3) is 0 Å². The van der Waals surface area contributed by atoms with E-state index in [1.807, 2.05) is 13.0 Å². The van der Waals surface area contributed by atoms with Crippen molar-refractivity contribution in [2.45, 2.75) is 69.6 Å². The molecule has 2 fully saturated rings. The van der Waals surface area contributed by atoms with E-state index in [0.29, 0.717) is 38.0 Å². The average molecular weight is 570 g/mol. The Kier molecular flexibility index (Phi) is 8.45. The van der Waals surface area contributed by atoms with Crippen molar-refractivity contribution in [2.24, 2.45) is 11.7 Å². The van der Waals surface area contributed by atoms with Crippen LogP contribution in [0.3, 0.4) is 0 Å². The van der Waals surface area contributed by atoms with Crippen LogP contribution in [0.15, 0.2) is 42.7 Å². The van der Waals surface area contributed by atoms with Crippen LogP contribution >= 0.6 is 0 Å². The lowest BCUT2D eigenvalue weighted by Crippen LogP contribution is -2.54. The Labute approximate surface area is 236 Å². The van der Waals surface area contributed by atoms with Gasteiger partial charge in [-0.15, -0.1) is 0 Å². The monoisotopic (exact) mass is 569 g/mol. The number of aliphatic hydroxyl groups is 1. The Balaban J connectivity index is 1.38. The molecule has 5 rings (SSSR count). The van der Waals surface area contributed by atoms with Gasteiger partial charge in [0, 0.05) is 43.6 Å². The van der Waals surface area contributed by atoms with Gasteiger partial charge in [0.05, 0.1) is 17.8 Å². The summed E-state index contributed by atoms with van der Waals surface area (Å²) < 4.78 is 56.0. The van der Waals surface area contributed by atoms with E-state index in [2.05, 4.69) is 9.97 Å². The summed E-state index contributed by atoms with van der Waals surface area (Å²) in [5, 5.41) is 10.7. The largest absolute Gasteiger partial charge is 0.488 e. The van der Waals surface area contributed by atoms with E-state index in [9.17, 15) is 14.3 Å². The Bertz CT molecular complexity index is 1390. The molecule has 5 atom stereocenters. The first-order valence-electron chi connectivity index (χ1n) is 13.9. The van der Waals surface area contributed by atoms with Crippen molar-refractivity contribution in [1.82, 2.24) is 9.97 Å². The second kappa shape index (κ2) is 11.9. The highest BCUT2D eigenvalue weighted by atomic mass is 19.1. The molecule has 0 spiro atoms. The number of Topliss-reactive ketones (excluding diaryl/α,β-unsaturated/α-hetero) is 1. The molecule has 3 aromatic rings. The first-order valence-corrected chi connectivity index (χ1v) is 13.9. The fraction of sp³-hybridized carbons (Fsp3) is 0.452. The molecule has 0 unspecified atom stereocenters. The van der Waals surface area contributed by atoms with E-state index in [1.165, 1.54) is 6.07 Å². The molecular weight excluding hydrogens is 535 g/mol. The maximum absolute atomic E-state index is 15.1. The number of carbonyl (C=O) groups is 1. The smallest absolute Gasteiger partial charge is 0.185 e. The third-order valence-electron chi connectivity index (χ3n) is 8.46. The van der Waals surface area contributed by atoms with Gasteiger partial charge in [-0.25, -0.2) is 18.2 Å². The first-order chi connectivity index (χ1) is 19.5. The Morgan fingerprint density at radius 3 is 2.61 bits per heavy atom. The van der Waals surface area contributed by atoms with Gasteiger partial charge in [-0.1, -0.05) is 6.92 Å². The predicted molar refractivity (Wildman–Crippen MR) is 146 cm³/mol. The molecule has 218 valence electrons. The number of pyridine rings is 2. The highest BCUT2D eigenvalue weighted by Gasteiger charge is 2.42. The van der Waals surface area contributed by atoms with Gasteiger partial charge in [0.2, 0.25) is 0 Å². The number of ketones is 1. The molecule has 0 amide bonds. The van der Waals surface area contributed by atoms with Crippen LogP contribution in [0.1, 0.15) is 67.1 Å². The number of carbonyl (C=O) groups excluding carboxylic acids is 1. The van der Waals surface area contributed by atoms with Crippen LogP contribution < -0.4 is 10.5 Å². The summed E-state index contributed by atoms with van der Waals surface area (Å²) in [6, 6.07) is 5.54. The number of hydrogen-bond acceptors (Lipinski definition) is 7. The molecule has 7 nitrogen and oxygen atoms in total. The maximum Gasteiger partial charge on any atom is 0.185 e. The molecule has 0 bridgehead atoms. The van der Waals surface area contributed by atoms with Gasteiger partial charge in [0.1, 0.15) is 40.7 Å². The zero-order valence-electron chi connectivity index (χ0n) is 23.1. The number of hydrogen-bond donors (Lipinski definition) is 2. The van der Waals surface area contributed by atoms with Gasteiger partial charge in [-0.3, -0.25) is 9.78 Å². The summed E-state index contributed by atoms with van der Waals surface area (Å²) in [5.74, 6) is -3.62. The van der Waals surface area contributed by atoms with E-state index < -0.39 is 46.1 Å². The van der Waals surface area contributed by atoms with Crippen molar-refractivity contribution in [3.05, 3.63) is 77.0 Å². The minimum Gasteiger partial charge on any atom is -0.488 e. The molecule has 3 N–H and O–H groups in total. The molecule has 2 aliphatic rings. The summed E-state index contributed by atoms with van der Waals surface area (Å²) >= 11 is 0. The molecule has 2 aromatic heterocycles. The maximum atomic E-state index is 15.1. The van der Waals surface area contributed by atoms with E-state index in [4.69, 9.17) is 15.2 Å². The zero-order valence-corrected chi connectivity index (χ0v) is 23.1. The standard InChI is InChI=1S/C31H34F3N3O4/c1-17-10-18(12-28(35)31(17,2)39)22-7-8-36-15-19(22)11-27(38)26-6-5-23(32)30(37-26)29-24(33)13-21(14-25(29)34)41-20-4-3-9-40-16-20/h5-8,13-15,17-18,20,28,39H,3-4,9-12,16,35H2,1-2H3/t17-,18+,20+,28+,31+/m0/s1. The minimum atomic E-state index is -1.05. The number of nitrogens with two attached hydrogens (primary N) is 1. The van der Waals surface area contributed by atoms with Gasteiger partial charge in [-0.2, -0.15) is 0 Å². The Morgan fingerprint density at radius 1 is 1.17 bits per heavy atom. The topological polar surface area (TPSA) is 108 Å². The third kappa shape index (κ3) is 6.14. The van der Waals surface area contributed by atoms with Crippen LogP contribution in [0.4, 0.5) is 13.2 Å². The van der Waals surface area contributed by atoms with Crippen molar-refractivity contribution < 1.29 is 32.5 Å². The lowest BCUT2D eigenvalue weighted by Gasteiger charge is -2.44. The summed E-state index contributed by atoms with van der Waals surface area (Å²) in [7, 11) is 0. The molecule has 41 heavy (non-hydrogen) atoms. The van der Waals surface area contributed by atoms with Crippen LogP contribution in [-0.4, -0.2) is 51.8 Å². The SMILES string of the molecule is C[C@H]1C[C@@H](c2ccncc2CC(=O)c2ccc(F)c(-c3c(F)cc(O[C@@H]4CCCOC4)cc3F)n2)C[C@@H](N)[C@]1(C)O. The highest BCUT2D eigenvalue weighted by Crippen LogP contribution is 2.42. The fourth-order valence-electron chi connectivity index (χ4n) is 5.79. The predicted octanol–water partition coefficient (Wildman–Crippen LogP) is 5.14. The molecule has 1 aliphatic carbocycles. The van der Waals surface area contributed by atoms with Crippen molar-refractivity contribution in [2.75, 3.05) is 13.2 Å². The van der Waals surface area contributed by atoms with Crippen LogP contribution in [0.5, 0.6) is 5.75 Å².